The molecule has 1 fully saturated rings. The molecular weight excluding hydrogens is 271 g/mol. The van der Waals surface area contributed by atoms with Crippen molar-refractivity contribution in [2.24, 2.45) is 0 Å². The molecule has 0 aliphatic carbocycles. The summed E-state index contributed by atoms with van der Waals surface area (Å²) in [5.41, 5.74) is 0.596. The summed E-state index contributed by atoms with van der Waals surface area (Å²) in [6.07, 6.45) is 0.970. The first-order valence-corrected chi connectivity index (χ1v) is 6.81. The Morgan fingerprint density at radius 1 is 1.39 bits per heavy atom. The van der Waals surface area contributed by atoms with Crippen LogP contribution in [0.3, 0.4) is 0 Å². The average molecular weight is 287 g/mol. The molecule has 0 saturated carbocycles. The summed E-state index contributed by atoms with van der Waals surface area (Å²) in [5, 5.41) is 4.25. The minimum atomic E-state index is 0.0177. The molecule has 1 heterocycles. The molecule has 1 N–H and O–H groups in total. The van der Waals surface area contributed by atoms with Crippen molar-refractivity contribution in [1.82, 2.24) is 10.2 Å². The minimum Gasteiger partial charge on any atom is -0.337 e. The number of halogens is 2. The fraction of sp³-hybridized carbons (Fsp3) is 0.462. The van der Waals surface area contributed by atoms with Gasteiger partial charge in [0.1, 0.15) is 0 Å². The van der Waals surface area contributed by atoms with Crippen LogP contribution in [0.25, 0.3) is 0 Å². The Balaban J connectivity index is 2.16. The summed E-state index contributed by atoms with van der Waals surface area (Å²) in [6, 6.07) is 5.34. The zero-order valence-electron chi connectivity index (χ0n) is 10.2. The van der Waals surface area contributed by atoms with E-state index in [1.54, 1.807) is 18.2 Å². The van der Waals surface area contributed by atoms with E-state index in [9.17, 15) is 4.79 Å². The summed E-state index contributed by atoms with van der Waals surface area (Å²) in [6.45, 7) is 4.53. The molecule has 1 atom stereocenters. The lowest BCUT2D eigenvalue weighted by Gasteiger charge is -2.22. The molecule has 0 radical (unpaired) electrons. The van der Waals surface area contributed by atoms with Crippen molar-refractivity contribution in [1.29, 1.82) is 0 Å². The first-order chi connectivity index (χ1) is 8.58. The number of hydrogen-bond acceptors (Lipinski definition) is 2. The largest absolute Gasteiger partial charge is 0.337 e. The molecule has 1 aromatic carbocycles. The zero-order valence-corrected chi connectivity index (χ0v) is 11.8. The third kappa shape index (κ3) is 3.16. The quantitative estimate of drug-likeness (QED) is 0.861. The lowest BCUT2D eigenvalue weighted by Crippen LogP contribution is -2.38. The van der Waals surface area contributed by atoms with Gasteiger partial charge in [0.05, 0.1) is 10.0 Å². The first kappa shape index (κ1) is 13.7. The van der Waals surface area contributed by atoms with Crippen LogP contribution in [-0.2, 0) is 0 Å². The molecule has 5 heteroatoms. The number of rotatable bonds is 1. The molecule has 0 aromatic heterocycles. The predicted molar refractivity (Wildman–Crippen MR) is 74.4 cm³/mol. The van der Waals surface area contributed by atoms with Gasteiger partial charge in [-0.2, -0.15) is 0 Å². The third-order valence-electron chi connectivity index (χ3n) is 3.05. The van der Waals surface area contributed by atoms with Crippen molar-refractivity contribution in [3.05, 3.63) is 33.8 Å². The summed E-state index contributed by atoms with van der Waals surface area (Å²) in [7, 11) is 0. The molecule has 98 valence electrons. The monoisotopic (exact) mass is 286 g/mol. The number of carbonyl (C=O) groups excluding carboxylic acids is 1. The topological polar surface area (TPSA) is 32.3 Å². The molecule has 1 saturated heterocycles. The van der Waals surface area contributed by atoms with E-state index >= 15 is 0 Å². The predicted octanol–water partition coefficient (Wildman–Crippen LogP) is 2.82. The fourth-order valence-electron chi connectivity index (χ4n) is 2.10. The minimum absolute atomic E-state index is 0.0177. The van der Waals surface area contributed by atoms with Crippen LogP contribution in [0.5, 0.6) is 0 Å². The maximum Gasteiger partial charge on any atom is 0.253 e. The molecule has 1 aliphatic heterocycles. The highest BCUT2D eigenvalue weighted by atomic mass is 35.5. The van der Waals surface area contributed by atoms with Crippen molar-refractivity contribution in [2.75, 3.05) is 19.6 Å². The Morgan fingerprint density at radius 3 is 2.89 bits per heavy atom. The van der Waals surface area contributed by atoms with E-state index < -0.39 is 0 Å². The number of nitrogens with one attached hydrogen (secondary N) is 1. The van der Waals surface area contributed by atoms with E-state index in [2.05, 4.69) is 12.2 Å². The van der Waals surface area contributed by atoms with Gasteiger partial charge in [-0.1, -0.05) is 23.2 Å². The molecule has 1 unspecified atom stereocenters. The van der Waals surface area contributed by atoms with Crippen molar-refractivity contribution < 1.29 is 4.79 Å². The summed E-state index contributed by atoms with van der Waals surface area (Å²) < 4.78 is 0. The Bertz CT molecular complexity index is 451. The van der Waals surface area contributed by atoms with E-state index in [1.165, 1.54) is 0 Å². The second kappa shape index (κ2) is 5.91. The Labute approximate surface area is 117 Å². The Hall–Kier alpha value is -0.770. The zero-order chi connectivity index (χ0) is 13.1. The van der Waals surface area contributed by atoms with Gasteiger partial charge in [-0.05, 0) is 38.1 Å². The molecule has 18 heavy (non-hydrogen) atoms. The van der Waals surface area contributed by atoms with Gasteiger partial charge in [-0.25, -0.2) is 0 Å². The molecule has 1 aromatic rings. The fourth-order valence-corrected chi connectivity index (χ4v) is 2.40. The lowest BCUT2D eigenvalue weighted by molar-refractivity contribution is 0.0755. The summed E-state index contributed by atoms with van der Waals surface area (Å²) in [5.74, 6) is 0.0177. The Morgan fingerprint density at radius 2 is 2.17 bits per heavy atom. The molecule has 0 spiro atoms. The normalized spacial score (nSPS) is 20.6. The van der Waals surface area contributed by atoms with Gasteiger partial charge in [0, 0.05) is 24.7 Å². The van der Waals surface area contributed by atoms with Crippen molar-refractivity contribution in [2.45, 2.75) is 19.4 Å². The lowest BCUT2D eigenvalue weighted by atomic mass is 10.2. The maximum atomic E-state index is 12.4. The maximum absolute atomic E-state index is 12.4. The second-order valence-corrected chi connectivity index (χ2v) is 5.40. The summed E-state index contributed by atoms with van der Waals surface area (Å²) in [4.78, 5) is 14.2. The van der Waals surface area contributed by atoms with Crippen LogP contribution < -0.4 is 5.32 Å². The highest BCUT2D eigenvalue weighted by Crippen LogP contribution is 2.23. The number of benzene rings is 1. The SMILES string of the molecule is CC1CN(C(=O)c2ccc(Cl)c(Cl)c2)CCCN1. The van der Waals surface area contributed by atoms with Crippen molar-refractivity contribution in [3.63, 3.8) is 0 Å². The number of amides is 1. The van der Waals surface area contributed by atoms with Gasteiger partial charge in [-0.3, -0.25) is 4.79 Å². The van der Waals surface area contributed by atoms with Gasteiger partial charge < -0.3 is 10.2 Å². The summed E-state index contributed by atoms with van der Waals surface area (Å²) >= 11 is 11.8. The van der Waals surface area contributed by atoms with Crippen molar-refractivity contribution >= 4 is 29.1 Å². The highest BCUT2D eigenvalue weighted by molar-refractivity contribution is 6.42. The smallest absolute Gasteiger partial charge is 0.253 e. The Kier molecular flexibility index (Phi) is 4.49. The van der Waals surface area contributed by atoms with E-state index in [0.29, 0.717) is 21.7 Å². The van der Waals surface area contributed by atoms with Crippen LogP contribution >= 0.6 is 23.2 Å². The van der Waals surface area contributed by atoms with E-state index in [-0.39, 0.29) is 5.91 Å². The van der Waals surface area contributed by atoms with Crippen LogP contribution in [0.15, 0.2) is 18.2 Å². The molecule has 2 rings (SSSR count). The van der Waals surface area contributed by atoms with Crippen LogP contribution in [0.4, 0.5) is 0 Å². The van der Waals surface area contributed by atoms with Crippen molar-refractivity contribution in [3.8, 4) is 0 Å². The van der Waals surface area contributed by atoms with Gasteiger partial charge in [0.25, 0.3) is 5.91 Å². The molecule has 0 bridgehead atoms. The molecule has 3 nitrogen and oxygen atoms in total. The third-order valence-corrected chi connectivity index (χ3v) is 3.78. The molecule has 1 aliphatic rings. The molecular formula is C13H16Cl2N2O. The average Bonchev–Trinajstić information content (AvgIpc) is 2.56. The first-order valence-electron chi connectivity index (χ1n) is 6.05. The number of hydrogen-bond donors (Lipinski definition) is 1. The van der Waals surface area contributed by atoms with Crippen LogP contribution in [0.1, 0.15) is 23.7 Å². The van der Waals surface area contributed by atoms with E-state index in [1.807, 2.05) is 4.90 Å². The number of nitrogens with zero attached hydrogens (tertiary/aromatic N) is 1. The van der Waals surface area contributed by atoms with Gasteiger partial charge >= 0.3 is 0 Å². The van der Waals surface area contributed by atoms with Crippen LogP contribution in [-0.4, -0.2) is 36.5 Å². The molecule has 1 amide bonds. The second-order valence-electron chi connectivity index (χ2n) is 4.59. The van der Waals surface area contributed by atoms with E-state index in [4.69, 9.17) is 23.2 Å². The van der Waals surface area contributed by atoms with Gasteiger partial charge in [0.2, 0.25) is 0 Å². The van der Waals surface area contributed by atoms with Crippen LogP contribution in [0.2, 0.25) is 10.0 Å². The van der Waals surface area contributed by atoms with E-state index in [0.717, 1.165) is 26.1 Å². The highest BCUT2D eigenvalue weighted by Gasteiger charge is 2.20. The standard InChI is InChI=1S/C13H16Cl2N2O/c1-9-8-17(6-2-5-16-9)13(18)10-3-4-11(14)12(15)7-10/h3-4,7,9,16H,2,5-6,8H2,1H3. The van der Waals surface area contributed by atoms with Crippen LogP contribution in [0, 0.1) is 0 Å². The van der Waals surface area contributed by atoms with Gasteiger partial charge in [0.15, 0.2) is 0 Å². The van der Waals surface area contributed by atoms with Gasteiger partial charge in [-0.15, -0.1) is 0 Å². The number of carbonyl (C=O) groups is 1.